The van der Waals surface area contributed by atoms with Gasteiger partial charge >= 0.3 is 0 Å². The van der Waals surface area contributed by atoms with Crippen LogP contribution in [0.1, 0.15) is 44.3 Å². The third-order valence-corrected chi connectivity index (χ3v) is 4.99. The molecule has 2 rings (SSSR count). The molecule has 1 aromatic rings. The molecule has 1 fully saturated rings. The first-order chi connectivity index (χ1) is 9.80. The van der Waals surface area contributed by atoms with E-state index in [0.29, 0.717) is 0 Å². The molecular weight excluding hydrogens is 272 g/mol. The van der Waals surface area contributed by atoms with E-state index in [1.165, 1.54) is 24.3 Å². The average molecular weight is 298 g/mol. The normalized spacial score (nSPS) is 18.1. The van der Waals surface area contributed by atoms with Crippen LogP contribution in [0.4, 0.5) is 0 Å². The summed E-state index contributed by atoms with van der Waals surface area (Å²) in [5.74, 6) is 9.94. The molecule has 1 aromatic heterocycles. The van der Waals surface area contributed by atoms with Crippen molar-refractivity contribution in [1.29, 1.82) is 0 Å². The van der Waals surface area contributed by atoms with E-state index in [1.807, 2.05) is 4.68 Å². The molecule has 0 spiro atoms. The molecule has 3 N–H and O–H groups in total. The van der Waals surface area contributed by atoms with Gasteiger partial charge in [0.25, 0.3) is 0 Å². The first kappa shape index (κ1) is 15.7. The standard InChI is InChI=1S/C14H26N4OS/c1-3-6-18-14(13(19-2)10-16-18)12(17-15)9-11-4-7-20-8-5-11/h10-12,17H,3-9,15H2,1-2H3. The Morgan fingerprint density at radius 1 is 1.55 bits per heavy atom. The van der Waals surface area contributed by atoms with E-state index in [9.17, 15) is 0 Å². The van der Waals surface area contributed by atoms with E-state index < -0.39 is 0 Å². The van der Waals surface area contributed by atoms with Crippen molar-refractivity contribution in [3.8, 4) is 5.75 Å². The molecule has 0 amide bonds. The van der Waals surface area contributed by atoms with Crippen molar-refractivity contribution in [3.05, 3.63) is 11.9 Å². The molecule has 1 unspecified atom stereocenters. The van der Waals surface area contributed by atoms with Crippen LogP contribution >= 0.6 is 11.8 Å². The Kier molecular flexibility index (Phi) is 6.19. The lowest BCUT2D eigenvalue weighted by molar-refractivity contribution is 0.339. The number of nitrogens with one attached hydrogen (secondary N) is 1. The van der Waals surface area contributed by atoms with Crippen molar-refractivity contribution in [2.75, 3.05) is 18.6 Å². The predicted molar refractivity (Wildman–Crippen MR) is 83.8 cm³/mol. The van der Waals surface area contributed by atoms with Crippen LogP contribution in [0.2, 0.25) is 0 Å². The monoisotopic (exact) mass is 298 g/mol. The van der Waals surface area contributed by atoms with Crippen LogP contribution in [-0.4, -0.2) is 28.4 Å². The Balaban J connectivity index is 2.14. The van der Waals surface area contributed by atoms with Crippen molar-refractivity contribution in [2.45, 2.75) is 45.2 Å². The van der Waals surface area contributed by atoms with Crippen LogP contribution in [-0.2, 0) is 6.54 Å². The molecule has 0 bridgehead atoms. The molecule has 20 heavy (non-hydrogen) atoms. The van der Waals surface area contributed by atoms with Gasteiger partial charge in [-0.1, -0.05) is 6.92 Å². The van der Waals surface area contributed by atoms with Gasteiger partial charge in [-0.2, -0.15) is 16.9 Å². The van der Waals surface area contributed by atoms with E-state index in [2.05, 4.69) is 29.2 Å². The number of hydrogen-bond acceptors (Lipinski definition) is 5. The van der Waals surface area contributed by atoms with Crippen LogP contribution in [0.15, 0.2) is 6.20 Å². The van der Waals surface area contributed by atoms with E-state index in [0.717, 1.165) is 36.7 Å². The smallest absolute Gasteiger partial charge is 0.161 e. The second-order valence-electron chi connectivity index (χ2n) is 5.33. The van der Waals surface area contributed by atoms with E-state index in [1.54, 1.807) is 13.3 Å². The summed E-state index contributed by atoms with van der Waals surface area (Å²) in [5.41, 5.74) is 4.07. The van der Waals surface area contributed by atoms with Crippen molar-refractivity contribution in [2.24, 2.45) is 11.8 Å². The molecule has 0 radical (unpaired) electrons. The van der Waals surface area contributed by atoms with Gasteiger partial charge in [-0.05, 0) is 43.1 Å². The first-order valence-electron chi connectivity index (χ1n) is 7.43. The maximum Gasteiger partial charge on any atom is 0.161 e. The lowest BCUT2D eigenvalue weighted by Gasteiger charge is -2.26. The lowest BCUT2D eigenvalue weighted by Crippen LogP contribution is -2.32. The van der Waals surface area contributed by atoms with Gasteiger partial charge in [-0.25, -0.2) is 0 Å². The summed E-state index contributed by atoms with van der Waals surface area (Å²) in [7, 11) is 1.70. The van der Waals surface area contributed by atoms with Gasteiger partial charge in [-0.3, -0.25) is 16.0 Å². The van der Waals surface area contributed by atoms with Crippen LogP contribution < -0.4 is 16.0 Å². The SMILES string of the molecule is CCCn1ncc(OC)c1C(CC1CCSCC1)NN. The molecule has 1 aliphatic heterocycles. The quantitative estimate of drug-likeness (QED) is 0.597. The Bertz CT molecular complexity index is 404. The number of ether oxygens (including phenoxy) is 1. The molecule has 114 valence electrons. The fraction of sp³-hybridized carbons (Fsp3) is 0.786. The number of rotatable bonds is 7. The van der Waals surface area contributed by atoms with Gasteiger partial charge < -0.3 is 4.74 Å². The Labute approximate surface area is 125 Å². The van der Waals surface area contributed by atoms with Crippen LogP contribution in [0.5, 0.6) is 5.75 Å². The number of hydrogen-bond donors (Lipinski definition) is 2. The fourth-order valence-electron chi connectivity index (χ4n) is 2.85. The molecule has 0 saturated carbocycles. The highest BCUT2D eigenvalue weighted by molar-refractivity contribution is 7.99. The molecule has 5 nitrogen and oxygen atoms in total. The number of aromatic nitrogens is 2. The van der Waals surface area contributed by atoms with Gasteiger partial charge in [0.2, 0.25) is 0 Å². The number of thioether (sulfide) groups is 1. The van der Waals surface area contributed by atoms with Crippen LogP contribution in [0.25, 0.3) is 0 Å². The largest absolute Gasteiger partial charge is 0.493 e. The second kappa shape index (κ2) is 7.90. The predicted octanol–water partition coefficient (Wildman–Crippen LogP) is 2.34. The Morgan fingerprint density at radius 2 is 2.30 bits per heavy atom. The van der Waals surface area contributed by atoms with Crippen LogP contribution in [0.3, 0.4) is 0 Å². The minimum absolute atomic E-state index is 0.118. The highest BCUT2D eigenvalue weighted by atomic mass is 32.2. The summed E-state index contributed by atoms with van der Waals surface area (Å²) < 4.78 is 7.49. The molecule has 2 heterocycles. The topological polar surface area (TPSA) is 65.1 Å². The van der Waals surface area contributed by atoms with E-state index >= 15 is 0 Å². The molecule has 1 aliphatic rings. The Hall–Kier alpha value is -0.720. The van der Waals surface area contributed by atoms with Gasteiger partial charge in [0.1, 0.15) is 0 Å². The summed E-state index contributed by atoms with van der Waals surface area (Å²) >= 11 is 2.06. The zero-order valence-electron chi connectivity index (χ0n) is 12.5. The summed E-state index contributed by atoms with van der Waals surface area (Å²) in [6.07, 6.45) is 6.48. The summed E-state index contributed by atoms with van der Waals surface area (Å²) in [5, 5.41) is 4.43. The van der Waals surface area contributed by atoms with E-state index in [-0.39, 0.29) is 6.04 Å². The minimum atomic E-state index is 0.118. The third-order valence-electron chi connectivity index (χ3n) is 3.94. The zero-order chi connectivity index (χ0) is 14.4. The molecular formula is C14H26N4OS. The second-order valence-corrected chi connectivity index (χ2v) is 6.56. The van der Waals surface area contributed by atoms with Gasteiger partial charge in [-0.15, -0.1) is 0 Å². The fourth-order valence-corrected chi connectivity index (χ4v) is 4.05. The highest BCUT2D eigenvalue weighted by Crippen LogP contribution is 2.34. The molecule has 1 atom stereocenters. The van der Waals surface area contributed by atoms with E-state index in [4.69, 9.17) is 10.6 Å². The van der Waals surface area contributed by atoms with Gasteiger partial charge in [0, 0.05) is 6.54 Å². The lowest BCUT2D eigenvalue weighted by atomic mass is 9.93. The van der Waals surface area contributed by atoms with Gasteiger partial charge in [0.05, 0.1) is 25.0 Å². The maximum absolute atomic E-state index is 5.82. The maximum atomic E-state index is 5.82. The number of aryl methyl sites for hydroxylation is 1. The molecule has 6 heteroatoms. The Morgan fingerprint density at radius 3 is 2.90 bits per heavy atom. The van der Waals surface area contributed by atoms with Crippen molar-refractivity contribution < 1.29 is 4.74 Å². The van der Waals surface area contributed by atoms with Crippen molar-refractivity contribution >= 4 is 11.8 Å². The summed E-state index contributed by atoms with van der Waals surface area (Å²) in [4.78, 5) is 0. The first-order valence-corrected chi connectivity index (χ1v) is 8.59. The number of nitrogens with zero attached hydrogens (tertiary/aromatic N) is 2. The number of hydrazine groups is 1. The molecule has 1 saturated heterocycles. The summed E-state index contributed by atoms with van der Waals surface area (Å²) in [6.45, 7) is 3.05. The molecule has 0 aliphatic carbocycles. The zero-order valence-corrected chi connectivity index (χ0v) is 13.3. The third kappa shape index (κ3) is 3.68. The summed E-state index contributed by atoms with van der Waals surface area (Å²) in [6, 6.07) is 0.118. The molecule has 0 aromatic carbocycles. The van der Waals surface area contributed by atoms with Crippen molar-refractivity contribution in [3.63, 3.8) is 0 Å². The number of methoxy groups -OCH3 is 1. The minimum Gasteiger partial charge on any atom is -0.493 e. The van der Waals surface area contributed by atoms with Crippen LogP contribution in [0, 0.1) is 5.92 Å². The average Bonchev–Trinajstić information content (AvgIpc) is 2.89. The van der Waals surface area contributed by atoms with Gasteiger partial charge in [0.15, 0.2) is 5.75 Å². The highest BCUT2D eigenvalue weighted by Gasteiger charge is 2.25. The van der Waals surface area contributed by atoms with Crippen molar-refractivity contribution in [1.82, 2.24) is 15.2 Å². The number of nitrogens with two attached hydrogens (primary N) is 1.